The van der Waals surface area contributed by atoms with Crippen molar-refractivity contribution in [2.45, 2.75) is 25.0 Å². The van der Waals surface area contributed by atoms with Crippen molar-refractivity contribution in [2.24, 2.45) is 0 Å². The van der Waals surface area contributed by atoms with Crippen molar-refractivity contribution in [1.29, 1.82) is 0 Å². The molecule has 0 spiro atoms. The average Bonchev–Trinajstić information content (AvgIpc) is 3.00. The van der Waals surface area contributed by atoms with Gasteiger partial charge in [-0.3, -0.25) is 4.90 Å². The van der Waals surface area contributed by atoms with Crippen LogP contribution in [0.25, 0.3) is 10.9 Å². The third-order valence-corrected chi connectivity index (χ3v) is 4.91. The molecule has 112 valence electrons. The summed E-state index contributed by atoms with van der Waals surface area (Å²) in [7, 11) is 0. The standard InChI is InChI=1S/C17H23N3O/c1-2-4-16-14(3-1)15(11-19-16)13-5-8-20(9-6-13)17-12-18-7-10-21-17/h1-4,11,13,17-19H,5-10,12H2. The Labute approximate surface area is 125 Å². The summed E-state index contributed by atoms with van der Waals surface area (Å²) in [4.78, 5) is 5.91. The highest BCUT2D eigenvalue weighted by Gasteiger charge is 2.28. The lowest BCUT2D eigenvalue weighted by atomic mass is 9.89. The Morgan fingerprint density at radius 1 is 1.14 bits per heavy atom. The second-order valence-corrected chi connectivity index (χ2v) is 6.13. The number of H-pyrrole nitrogens is 1. The SMILES string of the molecule is c1ccc2c(C3CCN(C4CNCCO4)CC3)c[nH]c2c1. The molecule has 2 aliphatic heterocycles. The maximum atomic E-state index is 5.87. The zero-order valence-corrected chi connectivity index (χ0v) is 12.3. The van der Waals surface area contributed by atoms with Crippen molar-refractivity contribution in [1.82, 2.24) is 15.2 Å². The lowest BCUT2D eigenvalue weighted by Gasteiger charge is -2.39. The lowest BCUT2D eigenvalue weighted by molar-refractivity contribution is -0.0830. The molecule has 0 saturated carbocycles. The van der Waals surface area contributed by atoms with Crippen molar-refractivity contribution in [2.75, 3.05) is 32.8 Å². The van der Waals surface area contributed by atoms with Gasteiger partial charge in [0.2, 0.25) is 0 Å². The summed E-state index contributed by atoms with van der Waals surface area (Å²) >= 11 is 0. The van der Waals surface area contributed by atoms with Crippen LogP contribution in [-0.2, 0) is 4.74 Å². The number of benzene rings is 1. The molecule has 1 aromatic heterocycles. The number of likely N-dealkylation sites (tertiary alicyclic amines) is 1. The van der Waals surface area contributed by atoms with Gasteiger partial charge >= 0.3 is 0 Å². The van der Waals surface area contributed by atoms with E-state index in [0.717, 1.165) is 32.8 Å². The van der Waals surface area contributed by atoms with E-state index in [0.29, 0.717) is 5.92 Å². The van der Waals surface area contributed by atoms with Crippen LogP contribution in [0.2, 0.25) is 0 Å². The molecule has 2 N–H and O–H groups in total. The fraction of sp³-hybridized carbons (Fsp3) is 0.529. The first-order valence-electron chi connectivity index (χ1n) is 8.04. The van der Waals surface area contributed by atoms with Crippen LogP contribution in [0.4, 0.5) is 0 Å². The number of hydrogen-bond acceptors (Lipinski definition) is 3. The van der Waals surface area contributed by atoms with Crippen molar-refractivity contribution < 1.29 is 4.74 Å². The first-order valence-corrected chi connectivity index (χ1v) is 8.04. The van der Waals surface area contributed by atoms with Crippen LogP contribution in [-0.4, -0.2) is 48.9 Å². The van der Waals surface area contributed by atoms with E-state index in [1.807, 2.05) is 0 Å². The molecule has 0 amide bonds. The van der Waals surface area contributed by atoms with Crippen LogP contribution in [0, 0.1) is 0 Å². The Hall–Kier alpha value is -1.36. The zero-order valence-electron chi connectivity index (χ0n) is 12.3. The molecule has 4 heteroatoms. The van der Waals surface area contributed by atoms with Crippen molar-refractivity contribution in [3.05, 3.63) is 36.0 Å². The summed E-state index contributed by atoms with van der Waals surface area (Å²) < 4.78 is 5.87. The van der Waals surface area contributed by atoms with Gasteiger partial charge in [-0.15, -0.1) is 0 Å². The lowest BCUT2D eigenvalue weighted by Crippen LogP contribution is -2.51. The number of ether oxygens (including phenoxy) is 1. The van der Waals surface area contributed by atoms with Crippen LogP contribution >= 0.6 is 0 Å². The molecule has 1 atom stereocenters. The average molecular weight is 285 g/mol. The van der Waals surface area contributed by atoms with Crippen LogP contribution in [0.3, 0.4) is 0 Å². The van der Waals surface area contributed by atoms with Gasteiger partial charge in [-0.1, -0.05) is 18.2 Å². The highest BCUT2D eigenvalue weighted by atomic mass is 16.5. The monoisotopic (exact) mass is 285 g/mol. The Morgan fingerprint density at radius 3 is 2.81 bits per heavy atom. The van der Waals surface area contributed by atoms with Gasteiger partial charge in [0.15, 0.2) is 0 Å². The molecule has 4 nitrogen and oxygen atoms in total. The molecule has 0 aliphatic carbocycles. The summed E-state index contributed by atoms with van der Waals surface area (Å²) in [6.45, 7) is 5.07. The van der Waals surface area contributed by atoms with Gasteiger partial charge in [0.1, 0.15) is 6.23 Å². The molecular weight excluding hydrogens is 262 g/mol. The van der Waals surface area contributed by atoms with E-state index in [-0.39, 0.29) is 6.23 Å². The topological polar surface area (TPSA) is 40.3 Å². The van der Waals surface area contributed by atoms with E-state index in [2.05, 4.69) is 45.7 Å². The van der Waals surface area contributed by atoms with Gasteiger partial charge in [0.25, 0.3) is 0 Å². The fourth-order valence-electron chi connectivity index (χ4n) is 3.72. The largest absolute Gasteiger partial charge is 0.361 e. The summed E-state index contributed by atoms with van der Waals surface area (Å²) in [5.41, 5.74) is 2.75. The smallest absolute Gasteiger partial charge is 0.123 e. The van der Waals surface area contributed by atoms with Gasteiger partial charge in [-0.05, 0) is 30.4 Å². The first-order chi connectivity index (χ1) is 10.4. The van der Waals surface area contributed by atoms with E-state index in [1.54, 1.807) is 0 Å². The van der Waals surface area contributed by atoms with Gasteiger partial charge < -0.3 is 15.0 Å². The molecule has 1 unspecified atom stereocenters. The third-order valence-electron chi connectivity index (χ3n) is 4.91. The number of para-hydroxylation sites is 1. The molecule has 2 fully saturated rings. The predicted molar refractivity (Wildman–Crippen MR) is 84.5 cm³/mol. The van der Waals surface area contributed by atoms with Crippen molar-refractivity contribution in [3.63, 3.8) is 0 Å². The predicted octanol–water partition coefficient (Wildman–Crippen LogP) is 2.29. The second kappa shape index (κ2) is 5.79. The number of aromatic nitrogens is 1. The molecule has 2 saturated heterocycles. The highest BCUT2D eigenvalue weighted by Crippen LogP contribution is 2.33. The zero-order chi connectivity index (χ0) is 14.1. The minimum atomic E-state index is 0.280. The van der Waals surface area contributed by atoms with E-state index >= 15 is 0 Å². The summed E-state index contributed by atoms with van der Waals surface area (Å²) in [5.74, 6) is 0.675. The van der Waals surface area contributed by atoms with Crippen LogP contribution in [0.1, 0.15) is 24.3 Å². The van der Waals surface area contributed by atoms with Gasteiger partial charge in [-0.2, -0.15) is 0 Å². The normalized spacial score (nSPS) is 25.4. The highest BCUT2D eigenvalue weighted by molar-refractivity contribution is 5.83. The molecule has 21 heavy (non-hydrogen) atoms. The Balaban J connectivity index is 1.45. The quantitative estimate of drug-likeness (QED) is 0.889. The Bertz CT molecular complexity index is 595. The maximum absolute atomic E-state index is 5.87. The number of fused-ring (bicyclic) bond motifs is 1. The van der Waals surface area contributed by atoms with Gasteiger partial charge in [-0.25, -0.2) is 0 Å². The van der Waals surface area contributed by atoms with Crippen LogP contribution in [0.15, 0.2) is 30.5 Å². The number of nitrogens with one attached hydrogen (secondary N) is 2. The number of nitrogens with zero attached hydrogens (tertiary/aromatic N) is 1. The number of hydrogen-bond donors (Lipinski definition) is 2. The minimum absolute atomic E-state index is 0.280. The summed E-state index contributed by atoms with van der Waals surface area (Å²) in [6.07, 6.45) is 4.94. The number of aromatic amines is 1. The molecule has 1 aromatic carbocycles. The number of rotatable bonds is 2. The van der Waals surface area contributed by atoms with E-state index < -0.39 is 0 Å². The molecule has 3 heterocycles. The number of morpholine rings is 1. The van der Waals surface area contributed by atoms with E-state index in [1.165, 1.54) is 29.3 Å². The molecule has 4 rings (SSSR count). The maximum Gasteiger partial charge on any atom is 0.123 e. The minimum Gasteiger partial charge on any atom is -0.361 e. The summed E-state index contributed by atoms with van der Waals surface area (Å²) in [6, 6.07) is 8.63. The molecule has 0 bridgehead atoms. The molecule has 2 aromatic rings. The summed E-state index contributed by atoms with van der Waals surface area (Å²) in [5, 5.41) is 4.82. The van der Waals surface area contributed by atoms with E-state index in [9.17, 15) is 0 Å². The van der Waals surface area contributed by atoms with E-state index in [4.69, 9.17) is 4.74 Å². The Morgan fingerprint density at radius 2 is 2.00 bits per heavy atom. The van der Waals surface area contributed by atoms with Crippen LogP contribution in [0.5, 0.6) is 0 Å². The molecule has 2 aliphatic rings. The first kappa shape index (κ1) is 13.3. The van der Waals surface area contributed by atoms with Crippen LogP contribution < -0.4 is 5.32 Å². The Kier molecular flexibility index (Phi) is 3.67. The molecule has 0 radical (unpaired) electrons. The number of piperidine rings is 1. The van der Waals surface area contributed by atoms with Gasteiger partial charge in [0, 0.05) is 43.3 Å². The fourth-order valence-corrected chi connectivity index (χ4v) is 3.72. The van der Waals surface area contributed by atoms with Gasteiger partial charge in [0.05, 0.1) is 6.61 Å². The molecular formula is C17H23N3O. The van der Waals surface area contributed by atoms with Crippen molar-refractivity contribution in [3.8, 4) is 0 Å². The third kappa shape index (κ3) is 2.59. The second-order valence-electron chi connectivity index (χ2n) is 6.13. The van der Waals surface area contributed by atoms with Crippen molar-refractivity contribution >= 4 is 10.9 Å².